The monoisotopic (exact) mass is 510 g/mol. The van der Waals surface area contributed by atoms with Gasteiger partial charge in [-0.2, -0.15) is 18.3 Å². The van der Waals surface area contributed by atoms with Crippen molar-refractivity contribution in [3.8, 4) is 17.3 Å². The number of pyridine rings is 2. The Morgan fingerprint density at radius 1 is 1.09 bits per heavy atom. The van der Waals surface area contributed by atoms with E-state index in [0.29, 0.717) is 6.20 Å². The molecule has 0 bridgehead atoms. The smallest absolute Gasteiger partial charge is 0.434 e. The highest BCUT2D eigenvalue weighted by atomic mass is 35.5. The van der Waals surface area contributed by atoms with Crippen molar-refractivity contribution in [2.45, 2.75) is 6.18 Å². The molecule has 0 radical (unpaired) electrons. The van der Waals surface area contributed by atoms with Gasteiger partial charge in [0.15, 0.2) is 23.1 Å². The van der Waals surface area contributed by atoms with Crippen molar-refractivity contribution in [1.82, 2.24) is 19.7 Å². The predicted octanol–water partition coefficient (Wildman–Crippen LogP) is 5.24. The van der Waals surface area contributed by atoms with Crippen LogP contribution in [0.2, 0.25) is 5.02 Å². The van der Waals surface area contributed by atoms with Crippen LogP contribution in [0.4, 0.5) is 33.5 Å². The average molecular weight is 511 g/mol. The summed E-state index contributed by atoms with van der Waals surface area (Å²) in [5.41, 5.74) is 2.56. The highest BCUT2D eigenvalue weighted by molar-refractivity contribution is 6.34. The van der Waals surface area contributed by atoms with Gasteiger partial charge in [0.25, 0.3) is 5.91 Å². The van der Waals surface area contributed by atoms with Gasteiger partial charge in [-0.05, 0) is 24.3 Å². The number of amides is 1. The van der Waals surface area contributed by atoms with Gasteiger partial charge >= 0.3 is 6.18 Å². The summed E-state index contributed by atoms with van der Waals surface area (Å²) in [6.07, 6.45) is -2.16. The van der Waals surface area contributed by atoms with E-state index in [4.69, 9.17) is 22.1 Å². The second-order valence-corrected chi connectivity index (χ2v) is 7.21. The number of rotatable bonds is 5. The van der Waals surface area contributed by atoms with E-state index in [9.17, 15) is 26.7 Å². The first kappa shape index (κ1) is 23.9. The molecule has 0 fully saturated rings. The van der Waals surface area contributed by atoms with Crippen molar-refractivity contribution < 1.29 is 31.5 Å². The zero-order chi connectivity index (χ0) is 25.3. The molecule has 0 atom stereocenters. The quantitative estimate of drug-likeness (QED) is 0.356. The van der Waals surface area contributed by atoms with E-state index in [1.54, 1.807) is 0 Å². The van der Waals surface area contributed by atoms with E-state index in [-0.39, 0.29) is 27.0 Å². The summed E-state index contributed by atoms with van der Waals surface area (Å²) in [5, 5.41) is 5.50. The number of hydrogen-bond donors (Lipinski definition) is 2. The van der Waals surface area contributed by atoms with Crippen LogP contribution < -0.4 is 15.8 Å². The minimum absolute atomic E-state index is 0.00804. The van der Waals surface area contributed by atoms with Gasteiger partial charge in [0.05, 0.1) is 17.4 Å². The first-order chi connectivity index (χ1) is 16.6. The molecule has 14 heteroatoms. The van der Waals surface area contributed by atoms with Gasteiger partial charge in [0, 0.05) is 24.5 Å². The van der Waals surface area contributed by atoms with Crippen LogP contribution in [0.15, 0.2) is 55.0 Å². The first-order valence-corrected chi connectivity index (χ1v) is 9.89. The van der Waals surface area contributed by atoms with Gasteiger partial charge in [-0.1, -0.05) is 11.6 Å². The molecular formula is C21H12ClF5N6O2. The number of benzene rings is 1. The molecule has 35 heavy (non-hydrogen) atoms. The second kappa shape index (κ2) is 9.18. The molecule has 0 aliphatic carbocycles. The molecule has 4 rings (SSSR count). The van der Waals surface area contributed by atoms with Crippen molar-refractivity contribution in [2.75, 3.05) is 11.1 Å². The molecule has 3 N–H and O–H groups in total. The van der Waals surface area contributed by atoms with Gasteiger partial charge in [-0.3, -0.25) is 4.79 Å². The molecule has 180 valence electrons. The molecule has 0 saturated carbocycles. The number of nitrogens with two attached hydrogens (primary N) is 1. The zero-order valence-corrected chi connectivity index (χ0v) is 17.9. The van der Waals surface area contributed by atoms with Gasteiger partial charge in [-0.15, -0.1) is 0 Å². The van der Waals surface area contributed by atoms with Crippen LogP contribution in [0.5, 0.6) is 11.5 Å². The maximum atomic E-state index is 14.6. The number of hydrogen-bond acceptors (Lipinski definition) is 6. The van der Waals surface area contributed by atoms with Crippen LogP contribution in [0.3, 0.4) is 0 Å². The van der Waals surface area contributed by atoms with Crippen LogP contribution in [-0.2, 0) is 6.18 Å². The fourth-order valence-electron chi connectivity index (χ4n) is 2.98. The summed E-state index contributed by atoms with van der Waals surface area (Å²) in [6, 6.07) is 6.63. The van der Waals surface area contributed by atoms with Crippen LogP contribution in [-0.4, -0.2) is 25.7 Å². The summed E-state index contributed by atoms with van der Waals surface area (Å²) in [6.45, 7) is 0. The van der Waals surface area contributed by atoms with Crippen LogP contribution >= 0.6 is 11.6 Å². The molecule has 8 nitrogen and oxygen atoms in total. The third-order valence-corrected chi connectivity index (χ3v) is 4.90. The number of alkyl halides is 3. The molecule has 1 amide bonds. The van der Waals surface area contributed by atoms with Crippen LogP contribution in [0, 0.1) is 11.6 Å². The summed E-state index contributed by atoms with van der Waals surface area (Å²) < 4.78 is 75.5. The first-order valence-electron chi connectivity index (χ1n) is 9.51. The molecule has 3 heterocycles. The van der Waals surface area contributed by atoms with E-state index in [1.807, 2.05) is 5.32 Å². The van der Waals surface area contributed by atoms with E-state index >= 15 is 0 Å². The van der Waals surface area contributed by atoms with Crippen molar-refractivity contribution in [1.29, 1.82) is 0 Å². The Hall–Kier alpha value is -4.26. The van der Waals surface area contributed by atoms with Crippen LogP contribution in [0.25, 0.3) is 5.82 Å². The highest BCUT2D eigenvalue weighted by Gasteiger charge is 2.41. The maximum absolute atomic E-state index is 14.6. The van der Waals surface area contributed by atoms with Gasteiger partial charge in [0.1, 0.15) is 22.4 Å². The van der Waals surface area contributed by atoms with Crippen molar-refractivity contribution in [2.24, 2.45) is 0 Å². The van der Waals surface area contributed by atoms with Gasteiger partial charge in [-0.25, -0.2) is 23.4 Å². The SMILES string of the molecule is Nc1nccc(Oc2ccc(NC(=O)c3cnn(-c4ncccc4F)c3C(F)(F)F)c(F)c2)c1Cl. The Morgan fingerprint density at radius 2 is 1.86 bits per heavy atom. The standard InChI is InChI=1S/C21H12ClF5N6O2/c22-16-15(5-7-29-18(16)28)35-10-3-4-14(13(24)8-10)32-20(34)11-9-31-33(17(11)21(25,26)27)19-12(23)2-1-6-30-19/h1-9H,(H2,28,29)(H,32,34). The normalized spacial score (nSPS) is 11.4. The minimum Gasteiger partial charge on any atom is -0.455 e. The number of carbonyl (C=O) groups excluding carboxylic acids is 1. The van der Waals surface area contributed by atoms with Gasteiger partial charge in [0.2, 0.25) is 0 Å². The highest BCUT2D eigenvalue weighted by Crippen LogP contribution is 2.35. The molecule has 0 aliphatic heterocycles. The Bertz CT molecular complexity index is 1430. The number of carbonyl (C=O) groups is 1. The Labute approximate surface area is 198 Å². The van der Waals surface area contributed by atoms with Crippen molar-refractivity contribution in [3.05, 3.63) is 82.9 Å². The molecule has 0 unspecified atom stereocenters. The Morgan fingerprint density at radius 3 is 2.54 bits per heavy atom. The lowest BCUT2D eigenvalue weighted by Gasteiger charge is -2.13. The van der Waals surface area contributed by atoms with Crippen molar-refractivity contribution in [3.63, 3.8) is 0 Å². The summed E-state index contributed by atoms with van der Waals surface area (Å²) in [7, 11) is 0. The number of nitrogen functional groups attached to an aromatic ring is 1. The van der Waals surface area contributed by atoms with E-state index in [0.717, 1.165) is 24.4 Å². The number of halogens is 6. The molecule has 4 aromatic rings. The lowest BCUT2D eigenvalue weighted by molar-refractivity contribution is -0.143. The lowest BCUT2D eigenvalue weighted by Crippen LogP contribution is -2.21. The molecule has 0 spiro atoms. The lowest BCUT2D eigenvalue weighted by atomic mass is 10.2. The Balaban J connectivity index is 1.62. The number of nitrogens with zero attached hydrogens (tertiary/aromatic N) is 4. The summed E-state index contributed by atoms with van der Waals surface area (Å²) in [5.74, 6) is -4.18. The topological polar surface area (TPSA) is 108 Å². The van der Waals surface area contributed by atoms with Crippen LogP contribution in [0.1, 0.15) is 16.1 Å². The molecule has 0 aliphatic rings. The third kappa shape index (κ3) is 4.84. The van der Waals surface area contributed by atoms with E-state index in [2.05, 4.69) is 15.1 Å². The molecule has 1 aromatic carbocycles. The second-order valence-electron chi connectivity index (χ2n) is 6.83. The number of nitrogens with one attached hydrogen (secondary N) is 1. The minimum atomic E-state index is -5.12. The van der Waals surface area contributed by atoms with E-state index in [1.165, 1.54) is 24.4 Å². The largest absolute Gasteiger partial charge is 0.455 e. The molecule has 0 saturated heterocycles. The Kier molecular flexibility index (Phi) is 6.26. The molecular weight excluding hydrogens is 499 g/mol. The number of ether oxygens (including phenoxy) is 1. The average Bonchev–Trinajstić information content (AvgIpc) is 3.25. The maximum Gasteiger partial charge on any atom is 0.434 e. The number of anilines is 2. The van der Waals surface area contributed by atoms with Gasteiger partial charge < -0.3 is 15.8 Å². The van der Waals surface area contributed by atoms with Crippen molar-refractivity contribution >= 4 is 29.0 Å². The summed E-state index contributed by atoms with van der Waals surface area (Å²) in [4.78, 5) is 19.9. The summed E-state index contributed by atoms with van der Waals surface area (Å²) >= 11 is 5.97. The van der Waals surface area contributed by atoms with E-state index < -0.39 is 46.5 Å². The fourth-order valence-corrected chi connectivity index (χ4v) is 3.13. The predicted molar refractivity (Wildman–Crippen MR) is 114 cm³/mol. The fraction of sp³-hybridized carbons (Fsp3) is 0.0476. The third-order valence-electron chi connectivity index (χ3n) is 4.52. The zero-order valence-electron chi connectivity index (χ0n) is 17.1. The number of aromatic nitrogens is 4. The molecule has 3 aromatic heterocycles.